The zero-order valence-corrected chi connectivity index (χ0v) is 26.3. The third-order valence-corrected chi connectivity index (χ3v) is 9.99. The fourth-order valence-electron chi connectivity index (χ4n) is 8.05. The second kappa shape index (κ2) is 10.3. The zero-order valence-electron chi connectivity index (χ0n) is 26.3. The molecule has 0 fully saturated rings. The van der Waals surface area contributed by atoms with Crippen LogP contribution in [-0.4, -0.2) is 19.9 Å². The van der Waals surface area contributed by atoms with Crippen LogP contribution in [0.25, 0.3) is 82.5 Å². The van der Waals surface area contributed by atoms with Crippen molar-refractivity contribution in [3.8, 4) is 23.1 Å². The van der Waals surface area contributed by atoms with Gasteiger partial charge in [0, 0.05) is 49.8 Å². The number of benzene rings is 7. The summed E-state index contributed by atoms with van der Waals surface area (Å²) in [4.78, 5) is 0. The third-order valence-electron chi connectivity index (χ3n) is 9.99. The molecule has 0 aliphatic carbocycles. The summed E-state index contributed by atoms with van der Waals surface area (Å²) >= 11 is 0. The van der Waals surface area contributed by atoms with Crippen molar-refractivity contribution in [2.75, 3.05) is 0 Å². The first-order valence-corrected chi connectivity index (χ1v) is 16.4. The average molecular weight is 626 g/mol. The van der Waals surface area contributed by atoms with Crippen LogP contribution in [0.2, 0.25) is 0 Å². The van der Waals surface area contributed by atoms with Crippen molar-refractivity contribution in [2.45, 2.75) is 0 Å². The number of hydrogen-bond acceptors (Lipinski definition) is 2. The number of nitriles is 1. The molecule has 3 heterocycles. The molecule has 5 nitrogen and oxygen atoms in total. The molecule has 0 spiro atoms. The number of aromatic nitrogens is 3. The van der Waals surface area contributed by atoms with Gasteiger partial charge in [-0.3, -0.25) is 0 Å². The quantitative estimate of drug-likeness (QED) is 0.194. The van der Waals surface area contributed by atoms with Gasteiger partial charge in [-0.25, -0.2) is 0 Å². The molecule has 7 aromatic carbocycles. The first-order valence-electron chi connectivity index (χ1n) is 16.4. The zero-order chi connectivity index (χ0) is 32.6. The number of nitrogens with zero attached hydrogens (tertiary/aromatic N) is 4. The Morgan fingerprint density at radius 3 is 1.47 bits per heavy atom. The van der Waals surface area contributed by atoms with Crippen LogP contribution in [0.3, 0.4) is 0 Å². The molecular formula is C44H27N5. The molecule has 10 aromatic rings. The van der Waals surface area contributed by atoms with E-state index in [9.17, 15) is 5.26 Å². The summed E-state index contributed by atoms with van der Waals surface area (Å²) in [6.07, 6.45) is 1.33. The predicted molar refractivity (Wildman–Crippen MR) is 202 cm³/mol. The molecule has 0 aliphatic heterocycles. The van der Waals surface area contributed by atoms with Gasteiger partial charge in [-0.1, -0.05) is 91.0 Å². The van der Waals surface area contributed by atoms with E-state index in [4.69, 9.17) is 5.41 Å². The molecule has 228 valence electrons. The molecule has 0 saturated heterocycles. The minimum Gasteiger partial charge on any atom is -0.309 e. The van der Waals surface area contributed by atoms with E-state index >= 15 is 0 Å². The van der Waals surface area contributed by atoms with E-state index in [1.165, 1.54) is 22.4 Å². The Bertz CT molecular complexity index is 2970. The predicted octanol–water partition coefficient (Wildman–Crippen LogP) is 10.8. The minimum atomic E-state index is 0.463. The van der Waals surface area contributed by atoms with Crippen LogP contribution in [0, 0.1) is 16.7 Å². The van der Waals surface area contributed by atoms with Crippen molar-refractivity contribution < 1.29 is 0 Å². The molecule has 0 aliphatic rings. The van der Waals surface area contributed by atoms with E-state index < -0.39 is 0 Å². The summed E-state index contributed by atoms with van der Waals surface area (Å²) in [5.74, 6) is 0. The maximum Gasteiger partial charge on any atom is 0.0999 e. The van der Waals surface area contributed by atoms with Gasteiger partial charge in [0.05, 0.1) is 56.1 Å². The lowest BCUT2D eigenvalue weighted by molar-refractivity contribution is 1.09. The topological polar surface area (TPSA) is 62.4 Å². The van der Waals surface area contributed by atoms with Crippen molar-refractivity contribution in [3.63, 3.8) is 0 Å². The fraction of sp³-hybridized carbons (Fsp3) is 0. The monoisotopic (exact) mass is 625 g/mol. The van der Waals surface area contributed by atoms with Gasteiger partial charge in [0.15, 0.2) is 0 Å². The Morgan fingerprint density at radius 2 is 0.918 bits per heavy atom. The molecular weight excluding hydrogens is 599 g/mol. The second-order valence-electron chi connectivity index (χ2n) is 12.4. The first-order chi connectivity index (χ1) is 24.3. The van der Waals surface area contributed by atoms with Crippen LogP contribution in [0.1, 0.15) is 11.1 Å². The molecule has 0 atom stereocenters. The summed E-state index contributed by atoms with van der Waals surface area (Å²) < 4.78 is 6.92. The number of hydrogen-bond donors (Lipinski definition) is 1. The highest BCUT2D eigenvalue weighted by molar-refractivity contribution is 6.29. The van der Waals surface area contributed by atoms with Crippen molar-refractivity contribution in [1.82, 2.24) is 13.7 Å². The molecule has 49 heavy (non-hydrogen) atoms. The van der Waals surface area contributed by atoms with E-state index in [0.29, 0.717) is 11.1 Å². The lowest BCUT2D eigenvalue weighted by Gasteiger charge is -2.19. The van der Waals surface area contributed by atoms with Crippen LogP contribution in [-0.2, 0) is 0 Å². The fourth-order valence-corrected chi connectivity index (χ4v) is 8.05. The van der Waals surface area contributed by atoms with Gasteiger partial charge in [-0.15, -0.1) is 0 Å². The highest BCUT2D eigenvalue weighted by atomic mass is 15.1. The lowest BCUT2D eigenvalue weighted by Crippen LogP contribution is -2.08. The van der Waals surface area contributed by atoms with Crippen molar-refractivity contribution in [2.24, 2.45) is 0 Å². The Balaban J connectivity index is 1.41. The van der Waals surface area contributed by atoms with E-state index in [1.807, 2.05) is 12.1 Å². The molecule has 3 aromatic heterocycles. The normalized spacial score (nSPS) is 11.7. The second-order valence-corrected chi connectivity index (χ2v) is 12.4. The van der Waals surface area contributed by atoms with Crippen LogP contribution in [0.15, 0.2) is 152 Å². The summed E-state index contributed by atoms with van der Waals surface area (Å²) in [6.45, 7) is 0. The standard InChI is InChI=1S/C44H27N5/c45-26-28-22-23-41(44(34(28)27-46)49-35-18-8-4-14-30(35)31-15-5-9-19-36(31)49)48-38-21-11-7-17-33(38)43-40(48)25-24-39-42(43)32-16-6-10-20-37(32)47(39)29-12-2-1-3-13-29/h1-25,27,46H. The number of rotatable bonds is 4. The molecule has 10 rings (SSSR count). The molecule has 5 heteroatoms. The minimum absolute atomic E-state index is 0.463. The van der Waals surface area contributed by atoms with E-state index in [2.05, 4.69) is 159 Å². The molecule has 0 unspecified atom stereocenters. The third kappa shape index (κ3) is 3.66. The van der Waals surface area contributed by atoms with Gasteiger partial charge in [-0.05, 0) is 60.7 Å². The Kier molecular flexibility index (Phi) is 5.73. The summed E-state index contributed by atoms with van der Waals surface area (Å²) in [6, 6.07) is 55.3. The highest BCUT2D eigenvalue weighted by Gasteiger charge is 2.25. The molecule has 1 N–H and O–H groups in total. The maximum atomic E-state index is 10.3. The highest BCUT2D eigenvalue weighted by Crippen LogP contribution is 2.44. The Morgan fingerprint density at radius 1 is 0.449 bits per heavy atom. The SMILES string of the molecule is N#Cc1ccc(-n2c3ccccc3c3c4c5ccccc5n(-c5ccccc5)c4ccc32)c(-n2c3ccccc3c3ccccc32)c1C=N. The van der Waals surface area contributed by atoms with Crippen LogP contribution >= 0.6 is 0 Å². The first kappa shape index (κ1) is 27.2. The van der Waals surface area contributed by atoms with Crippen molar-refractivity contribution in [1.29, 1.82) is 10.7 Å². The Hall–Kier alpha value is -6.90. The van der Waals surface area contributed by atoms with Crippen LogP contribution < -0.4 is 0 Å². The van der Waals surface area contributed by atoms with Gasteiger partial charge in [0.2, 0.25) is 0 Å². The van der Waals surface area contributed by atoms with Gasteiger partial charge in [0.1, 0.15) is 0 Å². The summed E-state index contributed by atoms with van der Waals surface area (Å²) in [7, 11) is 0. The van der Waals surface area contributed by atoms with Gasteiger partial charge in [0.25, 0.3) is 0 Å². The largest absolute Gasteiger partial charge is 0.309 e. The molecule has 0 amide bonds. The van der Waals surface area contributed by atoms with E-state index in [-0.39, 0.29) is 0 Å². The Labute approximate surface area is 281 Å². The molecule has 0 bridgehead atoms. The number of nitrogens with one attached hydrogen (secondary N) is 1. The lowest BCUT2D eigenvalue weighted by atomic mass is 10.0. The smallest absolute Gasteiger partial charge is 0.0999 e. The van der Waals surface area contributed by atoms with E-state index in [0.717, 1.165) is 66.3 Å². The van der Waals surface area contributed by atoms with Gasteiger partial charge < -0.3 is 19.1 Å². The van der Waals surface area contributed by atoms with Crippen molar-refractivity contribution in [3.05, 3.63) is 163 Å². The maximum absolute atomic E-state index is 10.3. The van der Waals surface area contributed by atoms with Gasteiger partial charge in [-0.2, -0.15) is 5.26 Å². The average Bonchev–Trinajstić information content (AvgIpc) is 3.80. The molecule has 0 saturated carbocycles. The van der Waals surface area contributed by atoms with Crippen molar-refractivity contribution >= 4 is 71.6 Å². The van der Waals surface area contributed by atoms with E-state index in [1.54, 1.807) is 0 Å². The summed E-state index contributed by atoms with van der Waals surface area (Å²) in [5, 5.41) is 25.9. The van der Waals surface area contributed by atoms with Gasteiger partial charge >= 0.3 is 0 Å². The summed E-state index contributed by atoms with van der Waals surface area (Å²) in [5.41, 5.74) is 10.3. The van der Waals surface area contributed by atoms with Crippen LogP contribution in [0.5, 0.6) is 0 Å². The number of fused-ring (bicyclic) bond motifs is 10. The van der Waals surface area contributed by atoms with Crippen LogP contribution in [0.4, 0.5) is 0 Å². The number of para-hydroxylation sites is 5. The molecule has 0 radical (unpaired) electrons.